The van der Waals surface area contributed by atoms with E-state index in [1.165, 1.54) is 17.8 Å². The van der Waals surface area contributed by atoms with Gasteiger partial charge in [0.05, 0.1) is 5.75 Å². The summed E-state index contributed by atoms with van der Waals surface area (Å²) in [5.41, 5.74) is 1.07. The summed E-state index contributed by atoms with van der Waals surface area (Å²) in [6.07, 6.45) is 1.69. The van der Waals surface area contributed by atoms with Crippen LogP contribution >= 0.6 is 27.7 Å². The number of rotatable bonds is 7. The van der Waals surface area contributed by atoms with Gasteiger partial charge in [0.2, 0.25) is 5.91 Å². The van der Waals surface area contributed by atoms with Crippen molar-refractivity contribution in [3.63, 3.8) is 0 Å². The fraction of sp³-hybridized carbons (Fsp3) is 0.286. The van der Waals surface area contributed by atoms with Crippen LogP contribution in [0.5, 0.6) is 0 Å². The van der Waals surface area contributed by atoms with Gasteiger partial charge in [-0.3, -0.25) is 4.79 Å². The number of carbonyl (C=O) groups is 2. The molecule has 1 rings (SSSR count). The summed E-state index contributed by atoms with van der Waals surface area (Å²) in [7, 11) is 0. The summed E-state index contributed by atoms with van der Waals surface area (Å²) in [4.78, 5) is 23.7. The van der Waals surface area contributed by atoms with Crippen molar-refractivity contribution >= 4 is 39.6 Å². The largest absolute Gasteiger partial charge is 0.480 e. The van der Waals surface area contributed by atoms with Crippen molar-refractivity contribution in [1.82, 2.24) is 5.32 Å². The normalized spacial score (nSPS) is 11.7. The number of aliphatic carboxylic acids is 1. The lowest BCUT2D eigenvalue weighted by Crippen LogP contribution is -2.41. The average Bonchev–Trinajstić information content (AvgIpc) is 2.37. The number of hydrogen-bond acceptors (Lipinski definition) is 3. The number of carboxylic acid groups (broad SMARTS) is 1. The first-order valence-corrected chi connectivity index (χ1v) is 7.74. The van der Waals surface area contributed by atoms with Gasteiger partial charge in [0.25, 0.3) is 0 Å². The zero-order valence-electron chi connectivity index (χ0n) is 11.1. The number of amides is 1. The van der Waals surface area contributed by atoms with E-state index in [4.69, 9.17) is 5.11 Å². The Kier molecular flexibility index (Phi) is 6.81. The predicted molar refractivity (Wildman–Crippen MR) is 84.0 cm³/mol. The van der Waals surface area contributed by atoms with Crippen molar-refractivity contribution in [2.75, 3.05) is 5.75 Å². The zero-order valence-corrected chi connectivity index (χ0v) is 13.5. The molecule has 0 heterocycles. The van der Waals surface area contributed by atoms with E-state index in [2.05, 4.69) is 27.8 Å². The van der Waals surface area contributed by atoms with Gasteiger partial charge in [0.15, 0.2) is 0 Å². The SMILES string of the molecule is C=CCC(NC(=O)CSc1ccc(Br)cc1C)C(=O)O. The van der Waals surface area contributed by atoms with E-state index in [9.17, 15) is 9.59 Å². The highest BCUT2D eigenvalue weighted by Crippen LogP contribution is 2.25. The Morgan fingerprint density at radius 3 is 2.80 bits per heavy atom. The van der Waals surface area contributed by atoms with Crippen LogP contribution in [0.4, 0.5) is 0 Å². The van der Waals surface area contributed by atoms with E-state index in [0.29, 0.717) is 0 Å². The number of thioether (sulfide) groups is 1. The van der Waals surface area contributed by atoms with Crippen LogP contribution in [-0.2, 0) is 9.59 Å². The van der Waals surface area contributed by atoms with Gasteiger partial charge in [-0.15, -0.1) is 18.3 Å². The number of benzene rings is 1. The molecule has 6 heteroatoms. The second kappa shape index (κ2) is 8.11. The van der Waals surface area contributed by atoms with E-state index in [-0.39, 0.29) is 18.1 Å². The topological polar surface area (TPSA) is 66.4 Å². The molecule has 4 nitrogen and oxygen atoms in total. The van der Waals surface area contributed by atoms with Gasteiger partial charge in [-0.25, -0.2) is 4.79 Å². The minimum Gasteiger partial charge on any atom is -0.480 e. The molecule has 1 unspecified atom stereocenters. The first-order valence-electron chi connectivity index (χ1n) is 5.96. The number of nitrogens with one attached hydrogen (secondary N) is 1. The van der Waals surface area contributed by atoms with Crippen molar-refractivity contribution in [2.24, 2.45) is 0 Å². The lowest BCUT2D eigenvalue weighted by atomic mass is 10.2. The third-order valence-electron chi connectivity index (χ3n) is 2.53. The summed E-state index contributed by atoms with van der Waals surface area (Å²) in [5, 5.41) is 11.4. The molecule has 1 amide bonds. The van der Waals surface area contributed by atoms with Crippen LogP contribution in [0.3, 0.4) is 0 Å². The van der Waals surface area contributed by atoms with Crippen LogP contribution in [0.2, 0.25) is 0 Å². The standard InChI is InChI=1S/C14H16BrNO3S/c1-3-4-11(14(18)19)16-13(17)8-20-12-6-5-10(15)7-9(12)2/h3,5-7,11H,1,4,8H2,2H3,(H,16,17)(H,18,19). The molecule has 1 aromatic carbocycles. The number of carboxylic acids is 1. The number of aryl methyl sites for hydroxylation is 1. The summed E-state index contributed by atoms with van der Waals surface area (Å²) >= 11 is 4.76. The summed E-state index contributed by atoms with van der Waals surface area (Å²) < 4.78 is 0.987. The van der Waals surface area contributed by atoms with Gasteiger partial charge in [0, 0.05) is 9.37 Å². The van der Waals surface area contributed by atoms with Gasteiger partial charge in [-0.05, 0) is 37.1 Å². The fourth-order valence-electron chi connectivity index (χ4n) is 1.54. The fourth-order valence-corrected chi connectivity index (χ4v) is 2.84. The molecule has 0 spiro atoms. The Hall–Kier alpha value is -1.27. The first kappa shape index (κ1) is 16.8. The highest BCUT2D eigenvalue weighted by atomic mass is 79.9. The molecular formula is C14H16BrNO3S. The van der Waals surface area contributed by atoms with Crippen molar-refractivity contribution in [3.05, 3.63) is 40.9 Å². The Morgan fingerprint density at radius 2 is 2.25 bits per heavy atom. The zero-order chi connectivity index (χ0) is 15.1. The van der Waals surface area contributed by atoms with Crippen LogP contribution in [0, 0.1) is 6.92 Å². The maximum absolute atomic E-state index is 11.7. The van der Waals surface area contributed by atoms with Crippen molar-refractivity contribution < 1.29 is 14.7 Å². The smallest absolute Gasteiger partial charge is 0.326 e. The number of hydrogen-bond donors (Lipinski definition) is 2. The maximum Gasteiger partial charge on any atom is 0.326 e. The van der Waals surface area contributed by atoms with Crippen LogP contribution in [0.1, 0.15) is 12.0 Å². The van der Waals surface area contributed by atoms with Gasteiger partial charge in [-0.1, -0.05) is 22.0 Å². The highest BCUT2D eigenvalue weighted by Gasteiger charge is 2.18. The molecule has 20 heavy (non-hydrogen) atoms. The molecule has 0 fully saturated rings. The second-order valence-electron chi connectivity index (χ2n) is 4.18. The van der Waals surface area contributed by atoms with E-state index in [0.717, 1.165) is 14.9 Å². The van der Waals surface area contributed by atoms with E-state index in [1.807, 2.05) is 25.1 Å². The number of halogens is 1. The summed E-state index contributed by atoms with van der Waals surface area (Å²) in [6, 6.07) is 4.89. The molecule has 0 saturated carbocycles. The average molecular weight is 358 g/mol. The van der Waals surface area contributed by atoms with E-state index in [1.54, 1.807) is 0 Å². The molecule has 0 radical (unpaired) electrons. The van der Waals surface area contributed by atoms with Crippen LogP contribution in [0.25, 0.3) is 0 Å². The lowest BCUT2D eigenvalue weighted by Gasteiger charge is -2.12. The molecule has 0 aliphatic rings. The third kappa shape index (κ3) is 5.38. The maximum atomic E-state index is 11.7. The molecule has 1 aromatic rings. The minimum atomic E-state index is -1.05. The molecule has 0 bridgehead atoms. The molecule has 0 aliphatic carbocycles. The first-order chi connectivity index (χ1) is 9.43. The van der Waals surface area contributed by atoms with Crippen molar-refractivity contribution in [3.8, 4) is 0 Å². The van der Waals surface area contributed by atoms with Gasteiger partial charge in [0.1, 0.15) is 6.04 Å². The molecular weight excluding hydrogens is 342 g/mol. The molecule has 0 aromatic heterocycles. The minimum absolute atomic E-state index is 0.184. The van der Waals surface area contributed by atoms with Gasteiger partial charge >= 0.3 is 5.97 Å². The monoisotopic (exact) mass is 357 g/mol. The van der Waals surface area contributed by atoms with Crippen LogP contribution in [-0.4, -0.2) is 28.8 Å². The predicted octanol–water partition coefficient (Wildman–Crippen LogP) is 3.00. The van der Waals surface area contributed by atoms with Gasteiger partial charge in [-0.2, -0.15) is 0 Å². The Bertz CT molecular complexity index is 519. The van der Waals surface area contributed by atoms with E-state index >= 15 is 0 Å². The quantitative estimate of drug-likeness (QED) is 0.581. The van der Waals surface area contributed by atoms with Crippen LogP contribution < -0.4 is 5.32 Å². The highest BCUT2D eigenvalue weighted by molar-refractivity contribution is 9.10. The number of carbonyl (C=O) groups excluding carboxylic acids is 1. The molecule has 0 saturated heterocycles. The molecule has 1 atom stereocenters. The third-order valence-corrected chi connectivity index (χ3v) is 4.20. The Labute approximate surface area is 130 Å². The molecule has 0 aliphatic heterocycles. The summed E-state index contributed by atoms with van der Waals surface area (Å²) in [5.74, 6) is -1.17. The summed E-state index contributed by atoms with van der Waals surface area (Å²) in [6.45, 7) is 5.44. The van der Waals surface area contributed by atoms with Crippen molar-refractivity contribution in [2.45, 2.75) is 24.3 Å². The van der Waals surface area contributed by atoms with Gasteiger partial charge < -0.3 is 10.4 Å². The van der Waals surface area contributed by atoms with Crippen molar-refractivity contribution in [1.29, 1.82) is 0 Å². The lowest BCUT2D eigenvalue weighted by molar-refractivity contribution is -0.141. The van der Waals surface area contributed by atoms with Crippen LogP contribution in [0.15, 0.2) is 40.2 Å². The molecule has 2 N–H and O–H groups in total. The second-order valence-corrected chi connectivity index (χ2v) is 6.11. The van der Waals surface area contributed by atoms with E-state index < -0.39 is 12.0 Å². The molecule has 108 valence electrons. The Morgan fingerprint density at radius 1 is 1.55 bits per heavy atom. The Balaban J connectivity index is 2.54.